The van der Waals surface area contributed by atoms with E-state index in [9.17, 15) is 18.4 Å². The molecule has 1 heterocycles. The number of H-pyrrole nitrogens is 1. The number of aromatic amines is 1. The molecule has 1 atom stereocenters. The van der Waals surface area contributed by atoms with Gasteiger partial charge in [-0.05, 0) is 51.0 Å². The maximum Gasteiger partial charge on any atom is 0.193 e. The highest BCUT2D eigenvalue weighted by Crippen LogP contribution is 2.20. The summed E-state index contributed by atoms with van der Waals surface area (Å²) in [4.78, 5) is 26.9. The number of hydrogen-bond acceptors (Lipinski definition) is 3. The summed E-state index contributed by atoms with van der Waals surface area (Å²) in [5, 5.41) is 2.99. The number of aryl methyl sites for hydroxylation is 1. The molecule has 0 spiro atoms. The second kappa shape index (κ2) is 7.05. The number of benzene rings is 1. The summed E-state index contributed by atoms with van der Waals surface area (Å²) >= 11 is 0. The molecule has 128 valence electrons. The summed E-state index contributed by atoms with van der Waals surface area (Å²) in [5.41, 5.74) is 2.77. The first-order valence-corrected chi connectivity index (χ1v) is 7.64. The van der Waals surface area contributed by atoms with Gasteiger partial charge >= 0.3 is 0 Å². The van der Waals surface area contributed by atoms with Crippen molar-refractivity contribution in [1.29, 1.82) is 0 Å². The lowest BCUT2D eigenvalue weighted by atomic mass is 10.0. The Balaban J connectivity index is 2.09. The summed E-state index contributed by atoms with van der Waals surface area (Å²) in [7, 11) is 0. The van der Waals surface area contributed by atoms with Gasteiger partial charge in [-0.25, -0.2) is 8.78 Å². The highest BCUT2D eigenvalue weighted by molar-refractivity contribution is 6.03. The van der Waals surface area contributed by atoms with Crippen molar-refractivity contribution >= 4 is 11.6 Å². The molecule has 0 aliphatic carbocycles. The summed E-state index contributed by atoms with van der Waals surface area (Å²) in [5.74, 6) is -2.12. The zero-order chi connectivity index (χ0) is 18.0. The first-order chi connectivity index (χ1) is 11.2. The fraction of sp³-hybridized carbons (Fsp3) is 0.333. The van der Waals surface area contributed by atoms with Gasteiger partial charge in [0, 0.05) is 17.3 Å². The Morgan fingerprint density at radius 3 is 2.42 bits per heavy atom. The Morgan fingerprint density at radius 1 is 1.21 bits per heavy atom. The molecule has 0 radical (unpaired) electrons. The van der Waals surface area contributed by atoms with Crippen LogP contribution < -0.4 is 5.32 Å². The number of Topliss-reactive ketones (excluding diaryl/α,β-unsaturated/α-hetero) is 2. The van der Waals surface area contributed by atoms with Gasteiger partial charge < -0.3 is 10.3 Å². The second-order valence-corrected chi connectivity index (χ2v) is 5.88. The van der Waals surface area contributed by atoms with Gasteiger partial charge in [0.2, 0.25) is 0 Å². The fourth-order valence-corrected chi connectivity index (χ4v) is 2.79. The van der Waals surface area contributed by atoms with E-state index < -0.39 is 11.6 Å². The quantitative estimate of drug-likeness (QED) is 0.793. The monoisotopic (exact) mass is 334 g/mol. The van der Waals surface area contributed by atoms with Gasteiger partial charge in [0.1, 0.15) is 0 Å². The molecule has 0 aliphatic rings. The number of carbonyl (C=O) groups excluding carboxylic acids is 2. The molecule has 2 rings (SSSR count). The van der Waals surface area contributed by atoms with E-state index >= 15 is 0 Å². The normalized spacial score (nSPS) is 12.2. The van der Waals surface area contributed by atoms with E-state index in [1.54, 1.807) is 20.8 Å². The minimum atomic E-state index is -0.922. The molecule has 6 heteroatoms. The van der Waals surface area contributed by atoms with Crippen LogP contribution in [0.15, 0.2) is 18.2 Å². The van der Waals surface area contributed by atoms with Crippen LogP contribution in [0.25, 0.3) is 0 Å². The van der Waals surface area contributed by atoms with Gasteiger partial charge in [0.25, 0.3) is 0 Å². The van der Waals surface area contributed by atoms with Gasteiger partial charge in [-0.2, -0.15) is 0 Å². The lowest BCUT2D eigenvalue weighted by Crippen LogP contribution is -2.26. The molecule has 0 unspecified atom stereocenters. The van der Waals surface area contributed by atoms with E-state index in [-0.39, 0.29) is 24.2 Å². The van der Waals surface area contributed by atoms with Crippen molar-refractivity contribution < 1.29 is 18.4 Å². The maximum absolute atomic E-state index is 13.3. The second-order valence-electron chi connectivity index (χ2n) is 5.88. The summed E-state index contributed by atoms with van der Waals surface area (Å²) in [6.07, 6.45) is 0. The van der Waals surface area contributed by atoms with Gasteiger partial charge in [-0.15, -0.1) is 0 Å². The topological polar surface area (TPSA) is 62.0 Å². The van der Waals surface area contributed by atoms with Gasteiger partial charge in [0.15, 0.2) is 23.2 Å². The third kappa shape index (κ3) is 3.59. The van der Waals surface area contributed by atoms with Crippen LogP contribution in [0.5, 0.6) is 0 Å². The minimum Gasteiger partial charge on any atom is -0.355 e. The average molecular weight is 334 g/mol. The van der Waals surface area contributed by atoms with Crippen LogP contribution in [0.3, 0.4) is 0 Å². The molecule has 1 aromatic heterocycles. The Labute approximate surface area is 139 Å². The number of carbonyl (C=O) groups is 2. The van der Waals surface area contributed by atoms with Crippen LogP contribution in [0.1, 0.15) is 57.6 Å². The van der Waals surface area contributed by atoms with Gasteiger partial charge in [-0.1, -0.05) is 6.07 Å². The lowest BCUT2D eigenvalue weighted by molar-refractivity contribution is 0.0982. The van der Waals surface area contributed by atoms with E-state index in [1.807, 2.05) is 0 Å². The van der Waals surface area contributed by atoms with E-state index in [4.69, 9.17) is 0 Å². The minimum absolute atomic E-state index is 0.0122. The van der Waals surface area contributed by atoms with E-state index in [0.717, 1.165) is 12.1 Å². The van der Waals surface area contributed by atoms with Crippen molar-refractivity contribution in [3.05, 3.63) is 57.9 Å². The van der Waals surface area contributed by atoms with Crippen molar-refractivity contribution in [2.45, 2.75) is 33.7 Å². The third-order valence-corrected chi connectivity index (χ3v) is 4.08. The molecule has 2 aromatic rings. The number of nitrogens with one attached hydrogen (secondary N) is 2. The predicted octanol–water partition coefficient (Wildman–Crippen LogP) is 3.65. The van der Waals surface area contributed by atoms with Crippen LogP contribution in [0, 0.1) is 25.5 Å². The largest absolute Gasteiger partial charge is 0.355 e. The van der Waals surface area contributed by atoms with Crippen LogP contribution in [0.4, 0.5) is 8.78 Å². The molecule has 24 heavy (non-hydrogen) atoms. The number of hydrogen-bond donors (Lipinski definition) is 2. The Bertz CT molecular complexity index is 797. The van der Waals surface area contributed by atoms with Crippen LogP contribution in [-0.4, -0.2) is 23.1 Å². The van der Waals surface area contributed by atoms with Crippen molar-refractivity contribution in [2.24, 2.45) is 0 Å². The molecule has 2 N–H and O–H groups in total. The molecule has 0 bridgehead atoms. The van der Waals surface area contributed by atoms with E-state index in [0.29, 0.717) is 28.1 Å². The molecular weight excluding hydrogens is 314 g/mol. The highest BCUT2D eigenvalue weighted by Gasteiger charge is 2.20. The zero-order valence-corrected chi connectivity index (χ0v) is 14.1. The molecule has 1 aromatic carbocycles. The molecule has 0 saturated carbocycles. The Kier molecular flexibility index (Phi) is 5.29. The SMILES string of the molecule is CC(=O)c1c(C)[nH]c(C(=O)CN[C@H](C)c2ccc(F)c(F)c2)c1C. The van der Waals surface area contributed by atoms with Crippen molar-refractivity contribution in [1.82, 2.24) is 10.3 Å². The van der Waals surface area contributed by atoms with E-state index in [1.165, 1.54) is 13.0 Å². The molecule has 0 fully saturated rings. The van der Waals surface area contributed by atoms with Crippen molar-refractivity contribution in [3.8, 4) is 0 Å². The van der Waals surface area contributed by atoms with Crippen LogP contribution in [-0.2, 0) is 0 Å². The van der Waals surface area contributed by atoms with Crippen LogP contribution >= 0.6 is 0 Å². The molecule has 0 aliphatic heterocycles. The highest BCUT2D eigenvalue weighted by atomic mass is 19.2. The number of ketones is 2. The summed E-state index contributed by atoms with van der Waals surface area (Å²) < 4.78 is 26.2. The van der Waals surface area contributed by atoms with Crippen LogP contribution in [0.2, 0.25) is 0 Å². The zero-order valence-electron chi connectivity index (χ0n) is 14.1. The summed E-state index contributed by atoms with van der Waals surface area (Å²) in [6.45, 7) is 6.71. The fourth-order valence-electron chi connectivity index (χ4n) is 2.79. The third-order valence-electron chi connectivity index (χ3n) is 4.08. The van der Waals surface area contributed by atoms with Gasteiger partial charge in [-0.3, -0.25) is 9.59 Å². The standard InChI is InChI=1S/C18H20F2N2O2/c1-9-17(12(4)23)11(3)22-18(9)16(24)8-21-10(2)13-5-6-14(19)15(20)7-13/h5-7,10,21-22H,8H2,1-4H3/t10-/m1/s1. The maximum atomic E-state index is 13.3. The Hall–Kier alpha value is -2.34. The lowest BCUT2D eigenvalue weighted by Gasteiger charge is -2.14. The Morgan fingerprint density at radius 2 is 1.88 bits per heavy atom. The number of rotatable bonds is 6. The first-order valence-electron chi connectivity index (χ1n) is 7.64. The smallest absolute Gasteiger partial charge is 0.193 e. The molecule has 0 amide bonds. The first kappa shape index (κ1) is 18.0. The van der Waals surface area contributed by atoms with E-state index in [2.05, 4.69) is 10.3 Å². The summed E-state index contributed by atoms with van der Waals surface area (Å²) in [6, 6.07) is 3.31. The van der Waals surface area contributed by atoms with Gasteiger partial charge in [0.05, 0.1) is 12.2 Å². The number of halogens is 2. The average Bonchev–Trinajstić information content (AvgIpc) is 2.82. The predicted molar refractivity (Wildman–Crippen MR) is 87.4 cm³/mol. The molecular formula is C18H20F2N2O2. The molecule has 4 nitrogen and oxygen atoms in total. The molecule has 0 saturated heterocycles. The van der Waals surface area contributed by atoms with Crippen molar-refractivity contribution in [3.63, 3.8) is 0 Å². The van der Waals surface area contributed by atoms with Crippen molar-refractivity contribution in [2.75, 3.05) is 6.54 Å². The number of aromatic nitrogens is 1.